The molecule has 98 valence electrons. The largest absolute Gasteiger partial charge is 0.291 e. The van der Waals surface area contributed by atoms with Gasteiger partial charge in [-0.3, -0.25) is 14.9 Å². The van der Waals surface area contributed by atoms with Crippen LogP contribution in [0.1, 0.15) is 17.3 Å². The Balaban J connectivity index is 3.17. The molecule has 0 N–H and O–H groups in total. The number of nitro benzene ring substituents is 1. The average molecular weight is 336 g/mol. The minimum Gasteiger partial charge on any atom is -0.291 e. The Hall–Kier alpha value is -1.28. The number of nitrogens with zero attached hydrogens (tertiary/aromatic N) is 1. The van der Waals surface area contributed by atoms with Gasteiger partial charge in [-0.05, 0) is 19.1 Å². The summed E-state index contributed by atoms with van der Waals surface area (Å²) in [5.41, 5.74) is -0.0763. The molecule has 0 aliphatic heterocycles. The summed E-state index contributed by atoms with van der Waals surface area (Å²) in [7, 11) is -3.64. The molecule has 0 bridgehead atoms. The first-order valence-corrected chi connectivity index (χ1v) is 7.43. The number of carbonyl (C=O) groups excluding carboxylic acids is 1. The van der Waals surface area contributed by atoms with Crippen LogP contribution < -0.4 is 0 Å². The highest BCUT2D eigenvalue weighted by Gasteiger charge is 2.41. The lowest BCUT2D eigenvalue weighted by Crippen LogP contribution is -2.36. The van der Waals surface area contributed by atoms with Crippen molar-refractivity contribution in [3.05, 3.63) is 39.9 Å². The van der Waals surface area contributed by atoms with Gasteiger partial charge >= 0.3 is 0 Å². The van der Waals surface area contributed by atoms with Crippen molar-refractivity contribution in [1.82, 2.24) is 0 Å². The molecule has 1 aromatic carbocycles. The maximum Gasteiger partial charge on any atom is 0.269 e. The second kappa shape index (κ2) is 4.77. The lowest BCUT2D eigenvalue weighted by molar-refractivity contribution is -0.384. The minimum atomic E-state index is -3.64. The molecule has 0 amide bonds. The normalized spacial score (nSPS) is 14.8. The van der Waals surface area contributed by atoms with E-state index in [2.05, 4.69) is 15.9 Å². The number of alkyl halides is 1. The van der Waals surface area contributed by atoms with Crippen LogP contribution in [0.15, 0.2) is 24.3 Å². The monoisotopic (exact) mass is 335 g/mol. The van der Waals surface area contributed by atoms with E-state index in [0.29, 0.717) is 0 Å². The van der Waals surface area contributed by atoms with E-state index in [0.717, 1.165) is 18.4 Å². The molecule has 1 aromatic rings. The van der Waals surface area contributed by atoms with E-state index in [1.54, 1.807) is 0 Å². The number of hydrogen-bond donors (Lipinski definition) is 0. The molecular weight excluding hydrogens is 326 g/mol. The number of benzene rings is 1. The summed E-state index contributed by atoms with van der Waals surface area (Å²) < 4.78 is 21.2. The molecule has 0 radical (unpaired) electrons. The number of hydrogen-bond acceptors (Lipinski definition) is 5. The van der Waals surface area contributed by atoms with Gasteiger partial charge in [-0.15, -0.1) is 0 Å². The fourth-order valence-corrected chi connectivity index (χ4v) is 1.84. The SMILES string of the molecule is C[C@@](Br)(C(=O)c1ccc([N+](=O)[O-])cc1)S(C)(=O)=O. The van der Waals surface area contributed by atoms with Gasteiger partial charge in [-0.2, -0.15) is 0 Å². The summed E-state index contributed by atoms with van der Waals surface area (Å²) in [6.07, 6.45) is 0.936. The van der Waals surface area contributed by atoms with Gasteiger partial charge < -0.3 is 0 Å². The van der Waals surface area contributed by atoms with E-state index < -0.39 is 24.2 Å². The summed E-state index contributed by atoms with van der Waals surface area (Å²) in [5, 5.41) is 10.5. The van der Waals surface area contributed by atoms with Crippen LogP contribution in [-0.4, -0.2) is 29.0 Å². The maximum atomic E-state index is 12.0. The first-order valence-electron chi connectivity index (χ1n) is 4.75. The molecule has 6 nitrogen and oxygen atoms in total. The zero-order chi connectivity index (χ0) is 14.1. The standard InChI is InChI=1S/C10H10BrNO5S/c1-10(11,18(2,16)17)9(13)7-3-5-8(6-4-7)12(14)15/h3-6H,1-2H3/t10-/m0/s1. The molecular formula is C10H10BrNO5S. The van der Waals surface area contributed by atoms with Crippen molar-refractivity contribution in [3.63, 3.8) is 0 Å². The number of nitro groups is 1. The molecule has 8 heteroatoms. The zero-order valence-corrected chi connectivity index (χ0v) is 12.0. The molecule has 18 heavy (non-hydrogen) atoms. The fraction of sp³-hybridized carbons (Fsp3) is 0.300. The number of sulfone groups is 1. The van der Waals surface area contributed by atoms with Crippen LogP contribution in [0, 0.1) is 10.1 Å². The highest BCUT2D eigenvalue weighted by molar-refractivity contribution is 9.12. The molecule has 0 aromatic heterocycles. The van der Waals surface area contributed by atoms with Gasteiger partial charge in [-0.1, -0.05) is 15.9 Å². The fourth-order valence-electron chi connectivity index (χ4n) is 1.16. The van der Waals surface area contributed by atoms with Gasteiger partial charge in [0, 0.05) is 24.0 Å². The first kappa shape index (κ1) is 14.8. The van der Waals surface area contributed by atoms with E-state index >= 15 is 0 Å². The van der Waals surface area contributed by atoms with Gasteiger partial charge in [0.25, 0.3) is 5.69 Å². The van der Waals surface area contributed by atoms with Crippen LogP contribution in [0.5, 0.6) is 0 Å². The van der Waals surface area contributed by atoms with Crippen molar-refractivity contribution in [2.24, 2.45) is 0 Å². The summed E-state index contributed by atoms with van der Waals surface area (Å²) in [6, 6.07) is 4.76. The van der Waals surface area contributed by atoms with Crippen LogP contribution in [0.25, 0.3) is 0 Å². The lowest BCUT2D eigenvalue weighted by Gasteiger charge is -2.18. The minimum absolute atomic E-state index is 0.0883. The van der Waals surface area contributed by atoms with Crippen molar-refractivity contribution in [2.45, 2.75) is 10.6 Å². The summed E-state index contributed by atoms with van der Waals surface area (Å²) in [4.78, 5) is 21.9. The topological polar surface area (TPSA) is 94.3 Å². The molecule has 1 atom stereocenters. The molecule has 0 heterocycles. The van der Waals surface area contributed by atoms with E-state index in [4.69, 9.17) is 0 Å². The Morgan fingerprint density at radius 2 is 1.78 bits per heavy atom. The lowest BCUT2D eigenvalue weighted by atomic mass is 10.1. The van der Waals surface area contributed by atoms with Gasteiger partial charge in [0.05, 0.1) is 4.92 Å². The Morgan fingerprint density at radius 3 is 2.11 bits per heavy atom. The van der Waals surface area contributed by atoms with Crippen LogP contribution in [0.3, 0.4) is 0 Å². The molecule has 0 saturated heterocycles. The zero-order valence-electron chi connectivity index (χ0n) is 9.58. The third-order valence-corrected chi connectivity index (χ3v) is 6.14. The molecule has 0 fully saturated rings. The van der Waals surface area contributed by atoms with Crippen molar-refractivity contribution < 1.29 is 18.1 Å². The Bertz CT molecular complexity index is 591. The number of non-ortho nitro benzene ring substituents is 1. The van der Waals surface area contributed by atoms with Crippen molar-refractivity contribution in [1.29, 1.82) is 0 Å². The van der Waals surface area contributed by atoms with Gasteiger partial charge in [0.2, 0.25) is 0 Å². The third kappa shape index (κ3) is 2.75. The second-order valence-corrected chi connectivity index (χ2v) is 8.29. The van der Waals surface area contributed by atoms with E-state index in [9.17, 15) is 23.3 Å². The molecule has 0 unspecified atom stereocenters. The van der Waals surface area contributed by atoms with Crippen molar-refractivity contribution in [2.75, 3.05) is 6.26 Å². The average Bonchev–Trinajstić information content (AvgIpc) is 2.26. The maximum absolute atomic E-state index is 12.0. The van der Waals surface area contributed by atoms with Gasteiger partial charge in [0.15, 0.2) is 19.3 Å². The van der Waals surface area contributed by atoms with E-state index in [1.807, 2.05) is 0 Å². The van der Waals surface area contributed by atoms with Crippen LogP contribution in [0.2, 0.25) is 0 Å². The van der Waals surface area contributed by atoms with Gasteiger partial charge in [-0.25, -0.2) is 8.42 Å². The smallest absolute Gasteiger partial charge is 0.269 e. The van der Waals surface area contributed by atoms with E-state index in [-0.39, 0.29) is 11.3 Å². The second-order valence-electron chi connectivity index (χ2n) is 3.82. The quantitative estimate of drug-likeness (QED) is 0.362. The predicted molar refractivity (Wildman–Crippen MR) is 69.6 cm³/mol. The number of rotatable bonds is 4. The number of halogens is 1. The van der Waals surface area contributed by atoms with E-state index in [1.165, 1.54) is 19.1 Å². The summed E-state index contributed by atoms with van der Waals surface area (Å²) in [5.74, 6) is -0.667. The molecule has 0 aliphatic rings. The van der Waals surface area contributed by atoms with Crippen molar-refractivity contribution >= 4 is 37.2 Å². The summed E-state index contributed by atoms with van der Waals surface area (Å²) >= 11 is 2.88. The third-order valence-electron chi connectivity index (χ3n) is 2.44. The Labute approximate surface area is 112 Å². The Kier molecular flexibility index (Phi) is 3.92. The molecule has 1 rings (SSSR count). The first-order chi connectivity index (χ1) is 8.07. The number of Topliss-reactive ketones (excluding diaryl/α,β-unsaturated/α-hetero) is 1. The summed E-state index contributed by atoms with van der Waals surface area (Å²) in [6.45, 7) is 1.23. The predicted octanol–water partition coefficient (Wildman–Crippen LogP) is 1.93. The highest BCUT2D eigenvalue weighted by atomic mass is 79.9. The Morgan fingerprint density at radius 1 is 1.33 bits per heavy atom. The number of carbonyl (C=O) groups is 1. The molecule has 0 aliphatic carbocycles. The van der Waals surface area contributed by atoms with Crippen LogP contribution in [0.4, 0.5) is 5.69 Å². The molecule has 0 saturated carbocycles. The highest BCUT2D eigenvalue weighted by Crippen LogP contribution is 2.29. The van der Waals surface area contributed by atoms with Gasteiger partial charge in [0.1, 0.15) is 0 Å². The van der Waals surface area contributed by atoms with Crippen LogP contribution >= 0.6 is 15.9 Å². The van der Waals surface area contributed by atoms with Crippen LogP contribution in [-0.2, 0) is 9.84 Å². The molecule has 0 spiro atoms. The number of ketones is 1. The van der Waals surface area contributed by atoms with Crippen molar-refractivity contribution in [3.8, 4) is 0 Å².